The van der Waals surface area contributed by atoms with Crippen LogP contribution in [0.3, 0.4) is 0 Å². The van der Waals surface area contributed by atoms with Gasteiger partial charge in [-0.05, 0) is 25.0 Å². The Morgan fingerprint density at radius 1 is 1.82 bits per heavy atom. The summed E-state index contributed by atoms with van der Waals surface area (Å²) in [6.07, 6.45) is 3.06. The summed E-state index contributed by atoms with van der Waals surface area (Å²) in [5.74, 6) is 0.420. The van der Waals surface area contributed by atoms with E-state index in [9.17, 15) is 4.79 Å². The van der Waals surface area contributed by atoms with E-state index in [1.165, 1.54) is 6.42 Å². The van der Waals surface area contributed by atoms with Crippen molar-refractivity contribution >= 4 is 17.7 Å². The average molecular weight is 174 g/mol. The molecule has 2 nitrogen and oxygen atoms in total. The van der Waals surface area contributed by atoms with Gasteiger partial charge in [0, 0.05) is 5.25 Å². The molecule has 64 valence electrons. The van der Waals surface area contributed by atoms with Crippen molar-refractivity contribution < 1.29 is 9.90 Å². The summed E-state index contributed by atoms with van der Waals surface area (Å²) < 4.78 is 0. The van der Waals surface area contributed by atoms with Gasteiger partial charge in [0.2, 0.25) is 0 Å². The zero-order chi connectivity index (χ0) is 8.27. The van der Waals surface area contributed by atoms with Crippen LogP contribution in [0.25, 0.3) is 0 Å². The molecule has 0 spiro atoms. The van der Waals surface area contributed by atoms with Gasteiger partial charge in [-0.1, -0.05) is 6.92 Å². The Balaban J connectivity index is 2.46. The van der Waals surface area contributed by atoms with Crippen LogP contribution in [0, 0.1) is 5.92 Å². The second kappa shape index (κ2) is 4.00. The Hall–Kier alpha value is -0.180. The van der Waals surface area contributed by atoms with E-state index >= 15 is 0 Å². The monoisotopic (exact) mass is 174 g/mol. The molecule has 0 aromatic carbocycles. The fourth-order valence-corrected chi connectivity index (χ4v) is 3.03. The third-order valence-corrected chi connectivity index (χ3v) is 3.69. The van der Waals surface area contributed by atoms with E-state index in [1.807, 2.05) is 18.7 Å². The Kier molecular flexibility index (Phi) is 3.24. The van der Waals surface area contributed by atoms with E-state index in [1.54, 1.807) is 0 Å². The highest BCUT2D eigenvalue weighted by molar-refractivity contribution is 8.00. The molecule has 0 radical (unpaired) electrons. The molecule has 1 fully saturated rings. The van der Waals surface area contributed by atoms with Crippen LogP contribution in [0.2, 0.25) is 0 Å². The maximum atomic E-state index is 10.7. The van der Waals surface area contributed by atoms with Crippen molar-refractivity contribution in [2.45, 2.75) is 31.4 Å². The third kappa shape index (κ3) is 2.12. The molecule has 1 heterocycles. The average Bonchev–Trinajstić information content (AvgIpc) is 2.40. The van der Waals surface area contributed by atoms with Gasteiger partial charge in [-0.2, -0.15) is 11.8 Å². The Bertz CT molecular complexity index is 141. The number of carboxylic acids is 1. The van der Waals surface area contributed by atoms with Crippen molar-refractivity contribution in [2.24, 2.45) is 5.92 Å². The van der Waals surface area contributed by atoms with Gasteiger partial charge in [-0.25, -0.2) is 0 Å². The molecule has 0 bridgehead atoms. The maximum absolute atomic E-state index is 10.7. The van der Waals surface area contributed by atoms with E-state index in [4.69, 9.17) is 5.11 Å². The quantitative estimate of drug-likeness (QED) is 0.711. The van der Waals surface area contributed by atoms with Gasteiger partial charge in [0.1, 0.15) is 0 Å². The van der Waals surface area contributed by atoms with Crippen molar-refractivity contribution in [1.82, 2.24) is 0 Å². The minimum Gasteiger partial charge on any atom is -0.481 e. The van der Waals surface area contributed by atoms with Crippen molar-refractivity contribution in [3.8, 4) is 0 Å². The number of rotatable bonds is 3. The van der Waals surface area contributed by atoms with E-state index in [-0.39, 0.29) is 5.92 Å². The van der Waals surface area contributed by atoms with Gasteiger partial charge in [0.05, 0.1) is 5.92 Å². The van der Waals surface area contributed by atoms with E-state index in [0.717, 1.165) is 18.6 Å². The zero-order valence-electron chi connectivity index (χ0n) is 6.75. The highest BCUT2D eigenvalue weighted by Crippen LogP contribution is 2.33. The summed E-state index contributed by atoms with van der Waals surface area (Å²) in [7, 11) is 0. The predicted octanol–water partition coefficient (Wildman–Crippen LogP) is 1.99. The number of carbonyl (C=O) groups is 1. The molecule has 0 aliphatic carbocycles. The summed E-state index contributed by atoms with van der Waals surface area (Å²) in [6.45, 7) is 1.96. The van der Waals surface area contributed by atoms with Crippen LogP contribution in [0.4, 0.5) is 0 Å². The highest BCUT2D eigenvalue weighted by Gasteiger charge is 2.29. The summed E-state index contributed by atoms with van der Waals surface area (Å²) in [6, 6.07) is 0. The fourth-order valence-electron chi connectivity index (χ4n) is 1.52. The first-order valence-electron chi connectivity index (χ1n) is 4.10. The summed E-state index contributed by atoms with van der Waals surface area (Å²) in [5, 5.41) is 9.21. The van der Waals surface area contributed by atoms with Crippen LogP contribution < -0.4 is 0 Å². The summed E-state index contributed by atoms with van der Waals surface area (Å²) >= 11 is 1.82. The Morgan fingerprint density at radius 2 is 2.55 bits per heavy atom. The normalized spacial score (nSPS) is 26.8. The van der Waals surface area contributed by atoms with E-state index in [0.29, 0.717) is 5.25 Å². The van der Waals surface area contributed by atoms with Gasteiger partial charge in [-0.15, -0.1) is 0 Å². The molecule has 2 atom stereocenters. The summed E-state index contributed by atoms with van der Waals surface area (Å²) in [4.78, 5) is 10.7. The molecule has 1 saturated heterocycles. The molecule has 0 saturated carbocycles. The molecule has 3 heteroatoms. The molecule has 0 aromatic rings. The van der Waals surface area contributed by atoms with E-state index < -0.39 is 5.97 Å². The first-order chi connectivity index (χ1) is 5.25. The standard InChI is InChI=1S/C8H14O2S/c1-2-6(8(9)10)7-4-3-5-11-7/h6-7H,2-5H2,1H3,(H,9,10). The lowest BCUT2D eigenvalue weighted by Crippen LogP contribution is -2.23. The van der Waals surface area contributed by atoms with Crippen molar-refractivity contribution in [2.75, 3.05) is 5.75 Å². The molecule has 1 aliphatic heterocycles. The van der Waals surface area contributed by atoms with Gasteiger partial charge < -0.3 is 5.11 Å². The van der Waals surface area contributed by atoms with Crippen LogP contribution in [0.5, 0.6) is 0 Å². The van der Waals surface area contributed by atoms with Gasteiger partial charge in [-0.3, -0.25) is 4.79 Å². The SMILES string of the molecule is CCC(C(=O)O)C1CCCS1. The van der Waals surface area contributed by atoms with Gasteiger partial charge >= 0.3 is 5.97 Å². The van der Waals surface area contributed by atoms with Crippen LogP contribution in [-0.2, 0) is 4.79 Å². The molecule has 1 N–H and O–H groups in total. The lowest BCUT2D eigenvalue weighted by Gasteiger charge is -2.15. The lowest BCUT2D eigenvalue weighted by atomic mass is 9.99. The molecule has 0 aromatic heterocycles. The molecule has 1 rings (SSSR count). The molecule has 1 aliphatic rings. The minimum absolute atomic E-state index is 0.109. The minimum atomic E-state index is -0.619. The predicted molar refractivity (Wildman–Crippen MR) is 46.9 cm³/mol. The molecule has 0 amide bonds. The van der Waals surface area contributed by atoms with Crippen molar-refractivity contribution in [1.29, 1.82) is 0 Å². The van der Waals surface area contributed by atoms with Gasteiger partial charge in [0.25, 0.3) is 0 Å². The smallest absolute Gasteiger partial charge is 0.307 e. The van der Waals surface area contributed by atoms with E-state index in [2.05, 4.69) is 0 Å². The molecule has 2 unspecified atom stereocenters. The first-order valence-corrected chi connectivity index (χ1v) is 5.15. The molecular weight excluding hydrogens is 160 g/mol. The lowest BCUT2D eigenvalue weighted by molar-refractivity contribution is -0.141. The second-order valence-electron chi connectivity index (χ2n) is 2.90. The maximum Gasteiger partial charge on any atom is 0.307 e. The second-order valence-corrected chi connectivity index (χ2v) is 4.25. The van der Waals surface area contributed by atoms with Crippen molar-refractivity contribution in [3.63, 3.8) is 0 Å². The van der Waals surface area contributed by atoms with Crippen molar-refractivity contribution in [3.05, 3.63) is 0 Å². The molecular formula is C8H14O2S. The van der Waals surface area contributed by atoms with Crippen LogP contribution >= 0.6 is 11.8 Å². The number of carboxylic acid groups (broad SMARTS) is 1. The van der Waals surface area contributed by atoms with Crippen LogP contribution in [0.1, 0.15) is 26.2 Å². The first kappa shape index (κ1) is 8.91. The zero-order valence-corrected chi connectivity index (χ0v) is 7.56. The topological polar surface area (TPSA) is 37.3 Å². The molecule has 11 heavy (non-hydrogen) atoms. The highest BCUT2D eigenvalue weighted by atomic mass is 32.2. The fraction of sp³-hybridized carbons (Fsp3) is 0.875. The van der Waals surface area contributed by atoms with Gasteiger partial charge in [0.15, 0.2) is 0 Å². The Morgan fingerprint density at radius 3 is 2.91 bits per heavy atom. The number of aliphatic carboxylic acids is 1. The number of hydrogen-bond donors (Lipinski definition) is 1. The number of thioether (sulfide) groups is 1. The number of hydrogen-bond acceptors (Lipinski definition) is 2. The summed E-state index contributed by atoms with van der Waals surface area (Å²) in [5.41, 5.74) is 0. The van der Waals surface area contributed by atoms with Crippen LogP contribution in [-0.4, -0.2) is 22.1 Å². The van der Waals surface area contributed by atoms with Crippen LogP contribution in [0.15, 0.2) is 0 Å². The third-order valence-electron chi connectivity index (χ3n) is 2.17. The largest absolute Gasteiger partial charge is 0.481 e. The Labute approximate surface area is 71.4 Å².